The van der Waals surface area contributed by atoms with Gasteiger partial charge in [0, 0.05) is 16.5 Å². The number of thiazole rings is 1. The van der Waals surface area contributed by atoms with Crippen LogP contribution in [0.5, 0.6) is 5.75 Å². The van der Waals surface area contributed by atoms with E-state index in [1.54, 1.807) is 17.4 Å². The number of rotatable bonds is 3. The second kappa shape index (κ2) is 5.43. The van der Waals surface area contributed by atoms with Crippen molar-refractivity contribution in [1.82, 2.24) is 4.98 Å². The molecule has 0 amide bonds. The maximum absolute atomic E-state index is 13.7. The highest BCUT2D eigenvalue weighted by Crippen LogP contribution is 2.30. The molecule has 3 aromatic rings. The fraction of sp³-hybridized carbons (Fsp3) is 0.0625. The van der Waals surface area contributed by atoms with Crippen LogP contribution in [-0.4, -0.2) is 12.1 Å². The molecule has 100 valence electrons. The van der Waals surface area contributed by atoms with Crippen molar-refractivity contribution in [2.75, 3.05) is 7.11 Å². The molecule has 0 aliphatic heterocycles. The zero-order valence-corrected chi connectivity index (χ0v) is 11.7. The molecule has 0 spiro atoms. The number of nitrogens with zero attached hydrogens (tertiary/aromatic N) is 1. The SMILES string of the molecule is COc1ccc(-c2csc(-c3ccccc3)n2)cc1F. The van der Waals surface area contributed by atoms with Crippen molar-refractivity contribution in [3.05, 3.63) is 59.7 Å². The van der Waals surface area contributed by atoms with Gasteiger partial charge < -0.3 is 4.74 Å². The van der Waals surface area contributed by atoms with Gasteiger partial charge in [0.15, 0.2) is 11.6 Å². The van der Waals surface area contributed by atoms with E-state index in [1.807, 2.05) is 41.8 Å². The summed E-state index contributed by atoms with van der Waals surface area (Å²) in [6.45, 7) is 0. The number of methoxy groups -OCH3 is 1. The van der Waals surface area contributed by atoms with E-state index in [-0.39, 0.29) is 11.6 Å². The number of hydrogen-bond donors (Lipinski definition) is 0. The standard InChI is InChI=1S/C16H12FNOS/c1-19-15-8-7-12(9-13(15)17)14-10-20-16(18-14)11-5-3-2-4-6-11/h2-10H,1H3. The first-order valence-electron chi connectivity index (χ1n) is 6.13. The smallest absolute Gasteiger partial charge is 0.165 e. The first-order valence-corrected chi connectivity index (χ1v) is 7.01. The van der Waals surface area contributed by atoms with E-state index in [9.17, 15) is 4.39 Å². The van der Waals surface area contributed by atoms with Crippen molar-refractivity contribution in [2.24, 2.45) is 0 Å². The quantitative estimate of drug-likeness (QED) is 0.700. The molecule has 0 aliphatic carbocycles. The first-order chi connectivity index (χ1) is 9.78. The molecular formula is C16H12FNOS. The second-order valence-electron chi connectivity index (χ2n) is 4.25. The molecule has 0 saturated carbocycles. The van der Waals surface area contributed by atoms with Gasteiger partial charge >= 0.3 is 0 Å². The molecule has 2 nitrogen and oxygen atoms in total. The summed E-state index contributed by atoms with van der Waals surface area (Å²) >= 11 is 1.55. The fourth-order valence-corrected chi connectivity index (χ4v) is 2.78. The number of ether oxygens (including phenoxy) is 1. The maximum atomic E-state index is 13.7. The molecule has 0 N–H and O–H groups in total. The molecule has 0 radical (unpaired) electrons. The molecule has 1 aromatic heterocycles. The minimum absolute atomic E-state index is 0.243. The molecule has 0 unspecified atom stereocenters. The summed E-state index contributed by atoms with van der Waals surface area (Å²) in [6.07, 6.45) is 0. The van der Waals surface area contributed by atoms with Crippen molar-refractivity contribution in [3.8, 4) is 27.6 Å². The Bertz CT molecular complexity index is 724. The summed E-state index contributed by atoms with van der Waals surface area (Å²) in [5.74, 6) is -0.133. The van der Waals surface area contributed by atoms with Crippen molar-refractivity contribution in [2.45, 2.75) is 0 Å². The Morgan fingerprint density at radius 2 is 1.85 bits per heavy atom. The van der Waals surface area contributed by atoms with Gasteiger partial charge in [0.1, 0.15) is 5.01 Å². The molecule has 2 aromatic carbocycles. The molecule has 1 heterocycles. The van der Waals surface area contributed by atoms with Crippen molar-refractivity contribution in [3.63, 3.8) is 0 Å². The van der Waals surface area contributed by atoms with Gasteiger partial charge in [-0.1, -0.05) is 30.3 Å². The Hall–Kier alpha value is -2.20. The van der Waals surface area contributed by atoms with Crippen LogP contribution in [0.2, 0.25) is 0 Å². The average Bonchev–Trinajstić information content (AvgIpc) is 2.98. The summed E-state index contributed by atoms with van der Waals surface area (Å²) in [5, 5.41) is 2.86. The predicted molar refractivity (Wildman–Crippen MR) is 79.5 cm³/mol. The number of hydrogen-bond acceptors (Lipinski definition) is 3. The number of aromatic nitrogens is 1. The molecule has 0 fully saturated rings. The Labute approximate surface area is 120 Å². The minimum atomic E-state index is -0.376. The molecule has 4 heteroatoms. The molecule has 0 saturated heterocycles. The second-order valence-corrected chi connectivity index (χ2v) is 5.11. The zero-order valence-electron chi connectivity index (χ0n) is 10.8. The Kier molecular flexibility index (Phi) is 3.48. The molecule has 20 heavy (non-hydrogen) atoms. The van der Waals surface area contributed by atoms with Gasteiger partial charge in [-0.15, -0.1) is 11.3 Å². The summed E-state index contributed by atoms with van der Waals surface area (Å²) < 4.78 is 18.6. The Balaban J connectivity index is 1.96. The molecule has 0 bridgehead atoms. The third kappa shape index (κ3) is 2.42. The summed E-state index contributed by atoms with van der Waals surface area (Å²) in [7, 11) is 1.45. The highest BCUT2D eigenvalue weighted by atomic mass is 32.1. The lowest BCUT2D eigenvalue weighted by Gasteiger charge is -2.03. The van der Waals surface area contributed by atoms with Gasteiger partial charge in [-0.05, 0) is 18.2 Å². The highest BCUT2D eigenvalue weighted by molar-refractivity contribution is 7.13. The van der Waals surface area contributed by atoms with Crippen LogP contribution in [0.3, 0.4) is 0 Å². The van der Waals surface area contributed by atoms with Gasteiger partial charge in [0.25, 0.3) is 0 Å². The van der Waals surface area contributed by atoms with E-state index in [2.05, 4.69) is 4.98 Å². The lowest BCUT2D eigenvalue weighted by molar-refractivity contribution is 0.386. The van der Waals surface area contributed by atoms with Gasteiger partial charge in [0.2, 0.25) is 0 Å². The Morgan fingerprint density at radius 1 is 1.05 bits per heavy atom. The van der Waals surface area contributed by atoms with E-state index >= 15 is 0 Å². The molecule has 3 rings (SSSR count). The molecule has 0 atom stereocenters. The van der Waals surface area contributed by atoms with Crippen LogP contribution in [0.25, 0.3) is 21.8 Å². The Morgan fingerprint density at radius 3 is 2.55 bits per heavy atom. The summed E-state index contributed by atoms with van der Waals surface area (Å²) in [6, 6.07) is 14.8. The monoisotopic (exact) mass is 285 g/mol. The predicted octanol–water partition coefficient (Wildman–Crippen LogP) is 4.62. The largest absolute Gasteiger partial charge is 0.494 e. The van der Waals surface area contributed by atoms with E-state index < -0.39 is 0 Å². The van der Waals surface area contributed by atoms with Crippen molar-refractivity contribution < 1.29 is 9.13 Å². The van der Waals surface area contributed by atoms with Gasteiger partial charge in [-0.25, -0.2) is 9.37 Å². The van der Waals surface area contributed by atoms with E-state index in [0.717, 1.165) is 21.8 Å². The van der Waals surface area contributed by atoms with Gasteiger partial charge in [0.05, 0.1) is 12.8 Å². The van der Waals surface area contributed by atoms with Crippen LogP contribution in [0.4, 0.5) is 4.39 Å². The van der Waals surface area contributed by atoms with Crippen LogP contribution < -0.4 is 4.74 Å². The summed E-state index contributed by atoms with van der Waals surface area (Å²) in [4.78, 5) is 4.56. The van der Waals surface area contributed by atoms with E-state index in [1.165, 1.54) is 13.2 Å². The lowest BCUT2D eigenvalue weighted by Crippen LogP contribution is -1.88. The third-order valence-corrected chi connectivity index (χ3v) is 3.86. The molecular weight excluding hydrogens is 273 g/mol. The zero-order chi connectivity index (χ0) is 13.9. The molecule has 0 aliphatic rings. The third-order valence-electron chi connectivity index (χ3n) is 2.97. The minimum Gasteiger partial charge on any atom is -0.494 e. The lowest BCUT2D eigenvalue weighted by atomic mass is 10.1. The van der Waals surface area contributed by atoms with Crippen LogP contribution in [0.1, 0.15) is 0 Å². The summed E-state index contributed by atoms with van der Waals surface area (Å²) in [5.41, 5.74) is 2.59. The van der Waals surface area contributed by atoms with Crippen LogP contribution in [0.15, 0.2) is 53.9 Å². The normalized spacial score (nSPS) is 10.5. The van der Waals surface area contributed by atoms with Crippen LogP contribution in [0, 0.1) is 5.82 Å². The van der Waals surface area contributed by atoms with E-state index in [0.29, 0.717) is 0 Å². The van der Waals surface area contributed by atoms with Gasteiger partial charge in [-0.2, -0.15) is 0 Å². The van der Waals surface area contributed by atoms with Crippen LogP contribution >= 0.6 is 11.3 Å². The van der Waals surface area contributed by atoms with Crippen LogP contribution in [-0.2, 0) is 0 Å². The van der Waals surface area contributed by atoms with Crippen molar-refractivity contribution in [1.29, 1.82) is 0 Å². The average molecular weight is 285 g/mol. The highest BCUT2D eigenvalue weighted by Gasteiger charge is 2.09. The topological polar surface area (TPSA) is 22.1 Å². The maximum Gasteiger partial charge on any atom is 0.165 e. The first kappa shape index (κ1) is 12.8. The van der Waals surface area contributed by atoms with Gasteiger partial charge in [-0.3, -0.25) is 0 Å². The van der Waals surface area contributed by atoms with E-state index in [4.69, 9.17) is 4.74 Å². The fourth-order valence-electron chi connectivity index (χ4n) is 1.95. The number of halogens is 1. The number of benzene rings is 2. The van der Waals surface area contributed by atoms with Crippen molar-refractivity contribution >= 4 is 11.3 Å².